The topological polar surface area (TPSA) is 64.7 Å². The summed E-state index contributed by atoms with van der Waals surface area (Å²) in [6, 6.07) is 4.15. The van der Waals surface area contributed by atoms with Gasteiger partial charge in [-0.15, -0.1) is 0 Å². The molecule has 0 spiro atoms. The molecule has 1 heterocycles. The molecular weight excluding hydrogens is 272 g/mol. The van der Waals surface area contributed by atoms with Gasteiger partial charge in [-0.3, -0.25) is 0 Å². The molecule has 1 aromatic carbocycles. The van der Waals surface area contributed by atoms with Crippen molar-refractivity contribution in [3.63, 3.8) is 0 Å². The maximum Gasteiger partial charge on any atom is 0.491 e. The monoisotopic (exact) mass is 293 g/mol. The first-order valence-corrected chi connectivity index (χ1v) is 6.91. The van der Waals surface area contributed by atoms with Gasteiger partial charge in [0, 0.05) is 6.54 Å². The fraction of sp³-hybridized carbons (Fsp3) is 0.467. The van der Waals surface area contributed by atoms with Crippen molar-refractivity contribution in [3.8, 4) is 5.75 Å². The molecule has 2 rings (SSSR count). The summed E-state index contributed by atoms with van der Waals surface area (Å²) in [5.74, 6) is -0.657. The molecule has 1 aromatic rings. The Morgan fingerprint density at radius 2 is 1.86 bits per heavy atom. The third-order valence-electron chi connectivity index (χ3n) is 4.15. The standard InChI is InChI=1S/C15H21BFNO3/c1-14(2)15(3,4)21-16(20-14)10(9-18)8-11-12(17)6-5-7-13(11)19/h5-8,19H,9,18H2,1-4H3. The van der Waals surface area contributed by atoms with Gasteiger partial charge in [-0.05, 0) is 45.3 Å². The number of halogens is 1. The summed E-state index contributed by atoms with van der Waals surface area (Å²) in [7, 11) is -0.654. The third kappa shape index (κ3) is 2.97. The third-order valence-corrected chi connectivity index (χ3v) is 4.15. The van der Waals surface area contributed by atoms with E-state index in [1.165, 1.54) is 24.3 Å². The Bertz CT molecular complexity index is 536. The fourth-order valence-corrected chi connectivity index (χ4v) is 2.07. The molecule has 1 saturated heterocycles. The van der Waals surface area contributed by atoms with Crippen molar-refractivity contribution in [2.75, 3.05) is 6.54 Å². The van der Waals surface area contributed by atoms with Crippen LogP contribution in [0.3, 0.4) is 0 Å². The van der Waals surface area contributed by atoms with Crippen LogP contribution in [-0.2, 0) is 9.31 Å². The molecule has 0 amide bonds. The van der Waals surface area contributed by atoms with Crippen LogP contribution in [-0.4, -0.2) is 30.0 Å². The van der Waals surface area contributed by atoms with Crippen molar-refractivity contribution in [1.29, 1.82) is 0 Å². The van der Waals surface area contributed by atoms with Gasteiger partial charge in [0.1, 0.15) is 11.6 Å². The Morgan fingerprint density at radius 3 is 2.33 bits per heavy atom. The summed E-state index contributed by atoms with van der Waals surface area (Å²) in [5, 5.41) is 9.78. The minimum atomic E-state index is -0.654. The van der Waals surface area contributed by atoms with Gasteiger partial charge in [0.25, 0.3) is 0 Å². The van der Waals surface area contributed by atoms with Crippen molar-refractivity contribution in [1.82, 2.24) is 0 Å². The maximum atomic E-state index is 13.8. The highest BCUT2D eigenvalue weighted by atomic mass is 19.1. The number of hydrogen-bond donors (Lipinski definition) is 2. The lowest BCUT2D eigenvalue weighted by Crippen LogP contribution is -2.41. The number of phenolic OH excluding ortho intramolecular Hbond substituents is 1. The fourth-order valence-electron chi connectivity index (χ4n) is 2.07. The second-order valence-electron chi connectivity index (χ2n) is 6.18. The first-order valence-electron chi connectivity index (χ1n) is 6.91. The van der Waals surface area contributed by atoms with Crippen molar-refractivity contribution in [3.05, 3.63) is 35.1 Å². The first kappa shape index (κ1) is 16.0. The van der Waals surface area contributed by atoms with Gasteiger partial charge in [0.2, 0.25) is 0 Å². The molecule has 0 saturated carbocycles. The number of phenols is 1. The molecule has 0 bridgehead atoms. The van der Waals surface area contributed by atoms with Gasteiger partial charge < -0.3 is 20.1 Å². The van der Waals surface area contributed by atoms with Crippen LogP contribution in [0, 0.1) is 5.82 Å². The number of nitrogens with two attached hydrogens (primary N) is 1. The summed E-state index contributed by atoms with van der Waals surface area (Å²) < 4.78 is 25.6. The Balaban J connectivity index is 2.36. The molecule has 0 atom stereocenters. The van der Waals surface area contributed by atoms with Crippen LogP contribution in [0.4, 0.5) is 4.39 Å². The van der Waals surface area contributed by atoms with E-state index < -0.39 is 24.1 Å². The van der Waals surface area contributed by atoms with Crippen LogP contribution in [0.1, 0.15) is 33.3 Å². The van der Waals surface area contributed by atoms with Crippen molar-refractivity contribution < 1.29 is 18.8 Å². The van der Waals surface area contributed by atoms with E-state index in [4.69, 9.17) is 15.0 Å². The van der Waals surface area contributed by atoms with Crippen LogP contribution in [0.15, 0.2) is 23.7 Å². The Kier molecular flexibility index (Phi) is 4.15. The SMILES string of the molecule is CC1(C)OB(C(=Cc2c(O)cccc2F)CN)OC1(C)C. The number of hydrogen-bond acceptors (Lipinski definition) is 4. The second-order valence-corrected chi connectivity index (χ2v) is 6.18. The lowest BCUT2D eigenvalue weighted by atomic mass is 9.77. The molecule has 0 unspecified atom stereocenters. The molecule has 4 nitrogen and oxygen atoms in total. The predicted octanol–water partition coefficient (Wildman–Crippen LogP) is 2.50. The highest BCUT2D eigenvalue weighted by Gasteiger charge is 2.52. The van der Waals surface area contributed by atoms with Crippen LogP contribution >= 0.6 is 0 Å². The van der Waals surface area contributed by atoms with E-state index in [0.717, 1.165) is 0 Å². The van der Waals surface area contributed by atoms with Gasteiger partial charge in [-0.2, -0.15) is 0 Å². The first-order chi connectivity index (χ1) is 9.68. The van der Waals surface area contributed by atoms with Crippen LogP contribution in [0.25, 0.3) is 6.08 Å². The molecule has 6 heteroatoms. The van der Waals surface area contributed by atoms with E-state index in [9.17, 15) is 9.50 Å². The van der Waals surface area contributed by atoms with Gasteiger partial charge in [-0.25, -0.2) is 4.39 Å². The van der Waals surface area contributed by atoms with Gasteiger partial charge in [0.15, 0.2) is 0 Å². The smallest absolute Gasteiger partial charge is 0.491 e. The number of rotatable bonds is 3. The zero-order valence-electron chi connectivity index (χ0n) is 12.8. The minimum absolute atomic E-state index is 0.0904. The molecule has 21 heavy (non-hydrogen) atoms. The van der Waals surface area contributed by atoms with E-state index in [0.29, 0.717) is 5.47 Å². The molecule has 114 valence electrons. The van der Waals surface area contributed by atoms with Crippen molar-refractivity contribution in [2.45, 2.75) is 38.9 Å². The lowest BCUT2D eigenvalue weighted by molar-refractivity contribution is 0.00578. The highest BCUT2D eigenvalue weighted by Crippen LogP contribution is 2.39. The largest absolute Gasteiger partial charge is 0.507 e. The van der Waals surface area contributed by atoms with E-state index in [1.807, 2.05) is 27.7 Å². The average molecular weight is 293 g/mol. The van der Waals surface area contributed by atoms with Crippen LogP contribution in [0.5, 0.6) is 5.75 Å². The summed E-state index contributed by atoms with van der Waals surface area (Å²) in [4.78, 5) is 0. The maximum absolute atomic E-state index is 13.8. The Labute approximate surface area is 124 Å². The molecular formula is C15H21BFNO3. The lowest BCUT2D eigenvalue weighted by Gasteiger charge is -2.32. The minimum Gasteiger partial charge on any atom is -0.507 e. The number of benzene rings is 1. The molecule has 3 N–H and O–H groups in total. The quantitative estimate of drug-likeness (QED) is 0.840. The predicted molar refractivity (Wildman–Crippen MR) is 81.2 cm³/mol. The Hall–Kier alpha value is -1.37. The van der Waals surface area contributed by atoms with E-state index >= 15 is 0 Å². The average Bonchev–Trinajstić information content (AvgIpc) is 2.58. The molecule has 1 aliphatic rings. The summed E-state index contributed by atoms with van der Waals surface area (Å²) in [6.45, 7) is 7.87. The van der Waals surface area contributed by atoms with Gasteiger partial charge >= 0.3 is 7.12 Å². The summed E-state index contributed by atoms with van der Waals surface area (Å²) in [5.41, 5.74) is 5.42. The zero-order chi connectivity index (χ0) is 15.8. The molecule has 0 aromatic heterocycles. The molecule has 0 radical (unpaired) electrons. The van der Waals surface area contributed by atoms with E-state index in [2.05, 4.69) is 0 Å². The zero-order valence-corrected chi connectivity index (χ0v) is 12.8. The van der Waals surface area contributed by atoms with Crippen LogP contribution in [0.2, 0.25) is 0 Å². The highest BCUT2D eigenvalue weighted by molar-refractivity contribution is 6.55. The molecule has 1 fully saturated rings. The number of aromatic hydroxyl groups is 1. The normalized spacial score (nSPS) is 20.9. The van der Waals surface area contributed by atoms with Crippen molar-refractivity contribution in [2.24, 2.45) is 5.73 Å². The Morgan fingerprint density at radius 1 is 1.29 bits per heavy atom. The summed E-state index contributed by atoms with van der Waals surface area (Å²) in [6.07, 6.45) is 1.49. The van der Waals surface area contributed by atoms with E-state index in [-0.39, 0.29) is 17.9 Å². The van der Waals surface area contributed by atoms with Gasteiger partial charge in [0.05, 0.1) is 16.8 Å². The molecule has 1 aliphatic heterocycles. The van der Waals surface area contributed by atoms with Gasteiger partial charge in [-0.1, -0.05) is 12.1 Å². The van der Waals surface area contributed by atoms with Crippen LogP contribution < -0.4 is 5.73 Å². The second kappa shape index (κ2) is 5.44. The van der Waals surface area contributed by atoms with Crippen molar-refractivity contribution >= 4 is 13.2 Å². The van der Waals surface area contributed by atoms with E-state index in [1.54, 1.807) is 0 Å². The molecule has 0 aliphatic carbocycles. The summed E-state index contributed by atoms with van der Waals surface area (Å²) >= 11 is 0.